The molecule has 0 unspecified atom stereocenters. The average molecular weight is 173 g/mol. The predicted molar refractivity (Wildman–Crippen MR) is 34.1 cm³/mol. The number of alkyl halides is 4. The van der Waals surface area contributed by atoms with Gasteiger partial charge in [0.2, 0.25) is 0 Å². The molecular weight excluding hydrogens is 162 g/mol. The van der Waals surface area contributed by atoms with Crippen molar-refractivity contribution in [1.29, 1.82) is 0 Å². The smallest absolute Gasteiger partial charge is 0.309 e. The van der Waals surface area contributed by atoms with E-state index in [9.17, 15) is 17.6 Å². The molecule has 0 aromatic carbocycles. The SMILES string of the molecule is CNC(C)(C)C(F)(F)C(F)F. The third-order valence-electron chi connectivity index (χ3n) is 1.73. The molecule has 1 nitrogen and oxygen atoms in total. The average Bonchev–Trinajstić information content (AvgIpc) is 1.87. The first kappa shape index (κ1) is 10.7. The van der Waals surface area contributed by atoms with Crippen LogP contribution >= 0.6 is 0 Å². The lowest BCUT2D eigenvalue weighted by atomic mass is 9.97. The summed E-state index contributed by atoms with van der Waals surface area (Å²) in [6.45, 7) is 2.05. The molecule has 0 saturated carbocycles. The van der Waals surface area contributed by atoms with Crippen LogP contribution in [0.25, 0.3) is 0 Å². The van der Waals surface area contributed by atoms with E-state index in [1.54, 1.807) is 0 Å². The molecule has 1 N–H and O–H groups in total. The summed E-state index contributed by atoms with van der Waals surface area (Å²) in [7, 11) is 1.22. The summed E-state index contributed by atoms with van der Waals surface area (Å²) >= 11 is 0. The molecule has 0 atom stereocenters. The van der Waals surface area contributed by atoms with E-state index < -0.39 is 17.9 Å². The maximum absolute atomic E-state index is 12.5. The van der Waals surface area contributed by atoms with Gasteiger partial charge in [-0.2, -0.15) is 8.78 Å². The van der Waals surface area contributed by atoms with Gasteiger partial charge >= 0.3 is 12.3 Å². The van der Waals surface area contributed by atoms with E-state index in [2.05, 4.69) is 5.32 Å². The summed E-state index contributed by atoms with van der Waals surface area (Å²) in [4.78, 5) is 0. The van der Waals surface area contributed by atoms with E-state index in [-0.39, 0.29) is 0 Å². The quantitative estimate of drug-likeness (QED) is 0.642. The standard InChI is InChI=1S/C6H11F4N/c1-5(2,11-3)6(9,10)4(7)8/h4,11H,1-3H3. The summed E-state index contributed by atoms with van der Waals surface area (Å²) in [5.41, 5.74) is -1.87. The predicted octanol–water partition coefficient (Wildman–Crippen LogP) is 1.88. The highest BCUT2D eigenvalue weighted by Gasteiger charge is 2.53. The normalized spacial score (nSPS) is 14.2. The molecule has 0 rings (SSSR count). The zero-order valence-corrected chi connectivity index (χ0v) is 6.59. The van der Waals surface area contributed by atoms with Crippen molar-refractivity contribution in [3.63, 3.8) is 0 Å². The highest BCUT2D eigenvalue weighted by Crippen LogP contribution is 2.33. The second-order valence-corrected chi connectivity index (χ2v) is 2.80. The fourth-order valence-electron chi connectivity index (χ4n) is 0.439. The van der Waals surface area contributed by atoms with Gasteiger partial charge in [-0.25, -0.2) is 8.78 Å². The maximum atomic E-state index is 12.5. The Morgan fingerprint density at radius 2 is 1.55 bits per heavy atom. The minimum atomic E-state index is -4.00. The molecule has 0 saturated heterocycles. The highest BCUT2D eigenvalue weighted by molar-refractivity contribution is 4.93. The van der Waals surface area contributed by atoms with Crippen molar-refractivity contribution in [2.75, 3.05) is 7.05 Å². The van der Waals surface area contributed by atoms with E-state index >= 15 is 0 Å². The second kappa shape index (κ2) is 2.97. The van der Waals surface area contributed by atoms with Crippen LogP contribution in [0.15, 0.2) is 0 Å². The largest absolute Gasteiger partial charge is 0.324 e. The Hall–Kier alpha value is -0.320. The minimum Gasteiger partial charge on any atom is -0.309 e. The number of hydrogen-bond donors (Lipinski definition) is 1. The molecule has 0 spiro atoms. The molecule has 0 aliphatic carbocycles. The molecule has 0 amide bonds. The van der Waals surface area contributed by atoms with Crippen molar-refractivity contribution >= 4 is 0 Å². The zero-order chi connectivity index (χ0) is 9.28. The first-order valence-electron chi connectivity index (χ1n) is 3.10. The van der Waals surface area contributed by atoms with Crippen molar-refractivity contribution in [3.8, 4) is 0 Å². The van der Waals surface area contributed by atoms with E-state index in [4.69, 9.17) is 0 Å². The van der Waals surface area contributed by atoms with Gasteiger partial charge in [0.1, 0.15) is 0 Å². The van der Waals surface area contributed by atoms with Gasteiger partial charge in [-0.3, -0.25) is 0 Å². The van der Waals surface area contributed by atoms with E-state index in [1.807, 2.05) is 0 Å². The van der Waals surface area contributed by atoms with Crippen LogP contribution in [0.3, 0.4) is 0 Å². The summed E-state index contributed by atoms with van der Waals surface area (Å²) in [6, 6.07) is 0. The van der Waals surface area contributed by atoms with Gasteiger partial charge in [-0.15, -0.1) is 0 Å². The summed E-state index contributed by atoms with van der Waals surface area (Å²) in [6.07, 6.45) is -3.63. The number of nitrogens with one attached hydrogen (secondary N) is 1. The second-order valence-electron chi connectivity index (χ2n) is 2.80. The molecule has 0 bridgehead atoms. The first-order chi connectivity index (χ1) is 4.75. The molecule has 0 aromatic heterocycles. The van der Waals surface area contributed by atoms with Crippen molar-refractivity contribution in [2.24, 2.45) is 0 Å². The zero-order valence-electron chi connectivity index (χ0n) is 6.59. The minimum absolute atomic E-state index is 1.03. The van der Waals surface area contributed by atoms with E-state index in [1.165, 1.54) is 7.05 Å². The molecule has 0 radical (unpaired) electrons. The molecule has 68 valence electrons. The van der Waals surface area contributed by atoms with Gasteiger partial charge in [0.25, 0.3) is 0 Å². The van der Waals surface area contributed by atoms with Gasteiger partial charge in [0.05, 0.1) is 5.54 Å². The van der Waals surface area contributed by atoms with Gasteiger partial charge in [-0.1, -0.05) is 0 Å². The van der Waals surface area contributed by atoms with Crippen LogP contribution in [0.2, 0.25) is 0 Å². The van der Waals surface area contributed by atoms with E-state index in [0.717, 1.165) is 13.8 Å². The van der Waals surface area contributed by atoms with Crippen LogP contribution in [-0.4, -0.2) is 24.9 Å². The molecule has 0 fully saturated rings. The highest BCUT2D eigenvalue weighted by atomic mass is 19.3. The molecule has 5 heteroatoms. The van der Waals surface area contributed by atoms with Gasteiger partial charge in [0, 0.05) is 0 Å². The Morgan fingerprint density at radius 1 is 1.18 bits per heavy atom. The molecular formula is C6H11F4N. The lowest BCUT2D eigenvalue weighted by Crippen LogP contribution is -2.56. The van der Waals surface area contributed by atoms with Crippen molar-refractivity contribution in [3.05, 3.63) is 0 Å². The van der Waals surface area contributed by atoms with Crippen molar-refractivity contribution < 1.29 is 17.6 Å². The maximum Gasteiger partial charge on any atom is 0.324 e. The monoisotopic (exact) mass is 173 g/mol. The molecule has 11 heavy (non-hydrogen) atoms. The van der Waals surface area contributed by atoms with Crippen LogP contribution in [0, 0.1) is 0 Å². The molecule has 0 aromatic rings. The summed E-state index contributed by atoms with van der Waals surface area (Å²) in [5.74, 6) is -4.00. The fourth-order valence-corrected chi connectivity index (χ4v) is 0.439. The molecule has 0 heterocycles. The number of halogens is 4. The molecule has 0 aliphatic heterocycles. The third-order valence-corrected chi connectivity index (χ3v) is 1.73. The Kier molecular flexibility index (Phi) is 2.88. The van der Waals surface area contributed by atoms with Crippen molar-refractivity contribution in [2.45, 2.75) is 31.7 Å². The van der Waals surface area contributed by atoms with Gasteiger partial charge < -0.3 is 5.32 Å². The lowest BCUT2D eigenvalue weighted by Gasteiger charge is -2.32. The summed E-state index contributed by atoms with van der Waals surface area (Å²) < 4.78 is 48.4. The van der Waals surface area contributed by atoms with Gasteiger partial charge in [0.15, 0.2) is 0 Å². The van der Waals surface area contributed by atoms with E-state index in [0.29, 0.717) is 0 Å². The van der Waals surface area contributed by atoms with Gasteiger partial charge in [-0.05, 0) is 20.9 Å². The van der Waals surface area contributed by atoms with Crippen LogP contribution in [0.5, 0.6) is 0 Å². The number of hydrogen-bond acceptors (Lipinski definition) is 1. The number of rotatable bonds is 3. The Morgan fingerprint density at radius 3 is 1.64 bits per heavy atom. The lowest BCUT2D eigenvalue weighted by molar-refractivity contribution is -0.173. The first-order valence-corrected chi connectivity index (χ1v) is 3.10. The molecule has 0 aliphatic rings. The Labute approximate surface area is 62.8 Å². The van der Waals surface area contributed by atoms with Crippen LogP contribution in [0.4, 0.5) is 17.6 Å². The summed E-state index contributed by atoms with van der Waals surface area (Å²) in [5, 5.41) is 2.13. The Bertz CT molecular complexity index is 133. The van der Waals surface area contributed by atoms with Crippen LogP contribution < -0.4 is 5.32 Å². The third kappa shape index (κ3) is 1.83. The fraction of sp³-hybridized carbons (Fsp3) is 1.00. The van der Waals surface area contributed by atoms with Crippen LogP contribution in [-0.2, 0) is 0 Å². The topological polar surface area (TPSA) is 12.0 Å². The van der Waals surface area contributed by atoms with Crippen molar-refractivity contribution in [1.82, 2.24) is 5.32 Å². The Balaban J connectivity index is 4.53. The van der Waals surface area contributed by atoms with Crippen LogP contribution in [0.1, 0.15) is 13.8 Å².